The van der Waals surface area contributed by atoms with E-state index in [0.29, 0.717) is 0 Å². The monoisotopic (exact) mass is 1060 g/mol. The van der Waals surface area contributed by atoms with Crippen LogP contribution in [-0.2, 0) is 13.3 Å². The molecule has 0 N–H and O–H groups in total. The van der Waals surface area contributed by atoms with Crippen molar-refractivity contribution >= 4 is 99.9 Å². The quantitative estimate of drug-likeness (QED) is 0.0186. The SMILES string of the molecule is CCCCSc1cc2c(cc1OCCCCCCCCCCCCCCCCCC[Si](OC)(OC)OC)c1cc(SCCCC)c(SCCCC)cc1c1cc(SCCCC)c(SCCCC)cc21. The number of unbranched alkanes of at least 4 members (excludes halogenated alkanes) is 20. The Balaban J connectivity index is 1.43. The summed E-state index contributed by atoms with van der Waals surface area (Å²) >= 11 is 10.3. The van der Waals surface area contributed by atoms with Crippen molar-refractivity contribution in [1.29, 1.82) is 0 Å². The van der Waals surface area contributed by atoms with Gasteiger partial charge < -0.3 is 18.0 Å². The number of hydrogen-bond donors (Lipinski definition) is 0. The molecule has 69 heavy (non-hydrogen) atoms. The fraction of sp³-hybridized carbons (Fsp3) is 0.695. The summed E-state index contributed by atoms with van der Waals surface area (Å²) in [5.41, 5.74) is 0. The molecule has 4 rings (SSSR count). The van der Waals surface area contributed by atoms with Crippen molar-refractivity contribution < 1.29 is 18.0 Å². The lowest BCUT2D eigenvalue weighted by atomic mass is 9.94. The van der Waals surface area contributed by atoms with Crippen LogP contribution in [0.4, 0.5) is 0 Å². The fourth-order valence-corrected chi connectivity index (χ4v) is 16.8. The second-order valence-corrected chi connectivity index (χ2v) is 27.9. The molecule has 0 unspecified atom stereocenters. The normalized spacial score (nSPS) is 12.1. The van der Waals surface area contributed by atoms with Gasteiger partial charge in [-0.05, 0) is 142 Å². The lowest BCUT2D eigenvalue weighted by Gasteiger charge is -2.24. The summed E-state index contributed by atoms with van der Waals surface area (Å²) in [7, 11) is 2.75. The first-order valence-electron chi connectivity index (χ1n) is 27.9. The Labute approximate surface area is 445 Å². The minimum atomic E-state index is -2.39. The van der Waals surface area contributed by atoms with Gasteiger partial charge >= 0.3 is 8.80 Å². The molecule has 0 heterocycles. The van der Waals surface area contributed by atoms with E-state index in [9.17, 15) is 0 Å². The van der Waals surface area contributed by atoms with E-state index in [1.54, 1.807) is 21.3 Å². The van der Waals surface area contributed by atoms with Crippen molar-refractivity contribution in [3.05, 3.63) is 36.4 Å². The highest BCUT2D eigenvalue weighted by atomic mass is 32.2. The van der Waals surface area contributed by atoms with Gasteiger partial charge in [-0.1, -0.05) is 157 Å². The first-order chi connectivity index (χ1) is 33.9. The van der Waals surface area contributed by atoms with Crippen LogP contribution in [0.2, 0.25) is 6.04 Å². The molecule has 0 fully saturated rings. The molecule has 0 saturated carbocycles. The van der Waals surface area contributed by atoms with Crippen LogP contribution in [0.25, 0.3) is 32.3 Å². The molecule has 0 radical (unpaired) electrons. The zero-order valence-electron chi connectivity index (χ0n) is 45.0. The Morgan fingerprint density at radius 1 is 0.319 bits per heavy atom. The predicted octanol–water partition coefficient (Wildman–Crippen LogP) is 21.1. The average molecular weight is 1060 g/mol. The second-order valence-electron chi connectivity index (χ2n) is 19.1. The van der Waals surface area contributed by atoms with Gasteiger partial charge in [0.15, 0.2) is 0 Å². The molecule has 0 aliphatic carbocycles. The number of ether oxygens (including phenoxy) is 1. The molecule has 0 atom stereocenters. The third kappa shape index (κ3) is 21.2. The molecule has 390 valence electrons. The second kappa shape index (κ2) is 37.1. The Hall–Kier alpha value is -0.693. The van der Waals surface area contributed by atoms with E-state index in [0.717, 1.165) is 37.0 Å². The zero-order chi connectivity index (χ0) is 49.4. The molecule has 0 aliphatic heterocycles. The molecule has 0 spiro atoms. The van der Waals surface area contributed by atoms with Gasteiger partial charge in [-0.2, -0.15) is 0 Å². The smallest absolute Gasteiger partial charge is 0.492 e. The van der Waals surface area contributed by atoms with Crippen LogP contribution in [0, 0.1) is 0 Å². The maximum absolute atomic E-state index is 6.90. The number of benzene rings is 4. The minimum absolute atomic E-state index is 0.795. The maximum atomic E-state index is 6.90. The van der Waals surface area contributed by atoms with E-state index in [-0.39, 0.29) is 0 Å². The van der Waals surface area contributed by atoms with Crippen molar-refractivity contribution in [1.82, 2.24) is 0 Å². The summed E-state index contributed by atoms with van der Waals surface area (Å²) in [4.78, 5) is 7.18. The van der Waals surface area contributed by atoms with Crippen LogP contribution >= 0.6 is 58.8 Å². The van der Waals surface area contributed by atoms with Crippen LogP contribution in [0.1, 0.15) is 202 Å². The zero-order valence-corrected chi connectivity index (χ0v) is 50.1. The number of rotatable bonds is 43. The van der Waals surface area contributed by atoms with Crippen molar-refractivity contribution in [2.75, 3.05) is 56.7 Å². The van der Waals surface area contributed by atoms with Gasteiger partial charge in [0.1, 0.15) is 5.75 Å². The van der Waals surface area contributed by atoms with Gasteiger partial charge in [0.2, 0.25) is 0 Å². The van der Waals surface area contributed by atoms with E-state index in [1.165, 1.54) is 234 Å². The lowest BCUT2D eigenvalue weighted by Crippen LogP contribution is -2.42. The summed E-state index contributed by atoms with van der Waals surface area (Å²) in [6.45, 7) is 12.4. The predicted molar refractivity (Wildman–Crippen MR) is 318 cm³/mol. The van der Waals surface area contributed by atoms with E-state index >= 15 is 0 Å². The van der Waals surface area contributed by atoms with E-state index in [1.807, 2.05) is 11.8 Å². The molecule has 4 aromatic rings. The van der Waals surface area contributed by atoms with E-state index < -0.39 is 8.80 Å². The molecule has 0 saturated heterocycles. The van der Waals surface area contributed by atoms with Gasteiger partial charge in [0.05, 0.1) is 11.5 Å². The molecule has 0 aliphatic rings. The maximum Gasteiger partial charge on any atom is 0.500 e. The third-order valence-electron chi connectivity index (χ3n) is 13.5. The molecule has 0 aromatic heterocycles. The Kier molecular flexibility index (Phi) is 32.7. The van der Waals surface area contributed by atoms with Crippen molar-refractivity contribution in [3.63, 3.8) is 0 Å². The highest BCUT2D eigenvalue weighted by Gasteiger charge is 2.36. The molecular weight excluding hydrogens is 961 g/mol. The van der Waals surface area contributed by atoms with Crippen molar-refractivity contribution in [3.8, 4) is 5.75 Å². The van der Waals surface area contributed by atoms with Crippen LogP contribution in [0.15, 0.2) is 60.9 Å². The molecular formula is C59H96O4S5Si. The largest absolute Gasteiger partial charge is 0.500 e. The third-order valence-corrected chi connectivity index (χ3v) is 22.2. The Morgan fingerprint density at radius 2 is 0.580 bits per heavy atom. The Morgan fingerprint density at radius 3 is 0.884 bits per heavy atom. The highest BCUT2D eigenvalue weighted by molar-refractivity contribution is 8.02. The summed E-state index contributed by atoms with van der Waals surface area (Å²) in [6.07, 6.45) is 33.6. The molecule has 4 aromatic carbocycles. The van der Waals surface area contributed by atoms with E-state index in [2.05, 4.69) is 118 Å². The van der Waals surface area contributed by atoms with Crippen molar-refractivity contribution in [2.45, 2.75) is 232 Å². The molecule has 0 amide bonds. The fourth-order valence-electron chi connectivity index (χ4n) is 8.98. The summed E-state index contributed by atoms with van der Waals surface area (Å²) in [5, 5.41) is 8.40. The first-order valence-corrected chi connectivity index (χ1v) is 34.8. The number of thioether (sulfide) groups is 5. The van der Waals surface area contributed by atoms with Crippen LogP contribution in [0.3, 0.4) is 0 Å². The summed E-state index contributed by atoms with van der Waals surface area (Å²) < 4.78 is 23.6. The topological polar surface area (TPSA) is 36.9 Å². The average Bonchev–Trinajstić information content (AvgIpc) is 3.36. The van der Waals surface area contributed by atoms with Gasteiger partial charge in [-0.3, -0.25) is 0 Å². The van der Waals surface area contributed by atoms with Gasteiger partial charge in [-0.15, -0.1) is 58.8 Å². The van der Waals surface area contributed by atoms with Gasteiger partial charge in [-0.25, -0.2) is 0 Å². The van der Waals surface area contributed by atoms with Crippen LogP contribution in [0.5, 0.6) is 5.75 Å². The summed E-state index contributed by atoms with van der Waals surface area (Å²) in [6, 6.07) is 16.3. The molecule has 4 nitrogen and oxygen atoms in total. The van der Waals surface area contributed by atoms with Gasteiger partial charge in [0, 0.05) is 47.0 Å². The van der Waals surface area contributed by atoms with Crippen LogP contribution in [-0.4, -0.2) is 65.5 Å². The minimum Gasteiger partial charge on any atom is -0.492 e. The van der Waals surface area contributed by atoms with Crippen LogP contribution < -0.4 is 4.74 Å². The molecule has 10 heteroatoms. The highest BCUT2D eigenvalue weighted by Crippen LogP contribution is 2.47. The van der Waals surface area contributed by atoms with E-state index in [4.69, 9.17) is 18.0 Å². The number of hydrogen-bond acceptors (Lipinski definition) is 9. The summed E-state index contributed by atoms with van der Waals surface area (Å²) in [5.74, 6) is 6.92. The van der Waals surface area contributed by atoms with Crippen molar-refractivity contribution in [2.24, 2.45) is 0 Å². The standard InChI is InChI=1S/C59H96O4S5Si/c1-9-14-36-64-55-43-49-48(42-54(55)63-35-33-31-29-27-25-23-21-19-20-22-24-26-28-30-32-34-41-69(60-6,61-7)62-8)50-44-56(65-37-15-10-2)58(67-39-17-12-4)46-52(50)53-47-59(68-40-18-13-5)57(45-51(49)53)66-38-16-11-3/h42-47H,9-41H2,1-8H3. The molecule has 0 bridgehead atoms. The number of fused-ring (bicyclic) bond motifs is 6. The Bertz CT molecular complexity index is 1940. The lowest BCUT2D eigenvalue weighted by molar-refractivity contribution is 0.122. The van der Waals surface area contributed by atoms with Gasteiger partial charge in [0.25, 0.3) is 0 Å². The first kappa shape index (κ1) is 60.9.